The number of methoxy groups -OCH3 is 1. The summed E-state index contributed by atoms with van der Waals surface area (Å²) in [4.78, 5) is 21.4. The lowest BCUT2D eigenvalue weighted by Gasteiger charge is -2.03. The van der Waals surface area contributed by atoms with Crippen LogP contribution < -0.4 is 5.73 Å². The van der Waals surface area contributed by atoms with E-state index in [4.69, 9.17) is 10.5 Å². The number of thiazole rings is 1. The van der Waals surface area contributed by atoms with Crippen LogP contribution in [0.1, 0.15) is 10.4 Å². The summed E-state index contributed by atoms with van der Waals surface area (Å²) in [5, 5.41) is 2.34. The maximum absolute atomic E-state index is 11.8. The number of carbonyl (C=O) groups excluding carboxylic acids is 1. The molecule has 0 radical (unpaired) electrons. The second kappa shape index (κ2) is 4.60. The molecule has 3 rings (SSSR count). The molecule has 19 heavy (non-hydrogen) atoms. The molecule has 0 atom stereocenters. The van der Waals surface area contributed by atoms with E-state index in [0.29, 0.717) is 26.7 Å². The molecular formula is C12H9N3O2S2. The van der Waals surface area contributed by atoms with Crippen molar-refractivity contribution >= 4 is 44.1 Å². The van der Waals surface area contributed by atoms with Crippen LogP contribution in [0.25, 0.3) is 20.9 Å². The molecule has 3 heterocycles. The predicted molar refractivity (Wildman–Crippen MR) is 76.5 cm³/mol. The Bertz CT molecular complexity index is 750. The zero-order chi connectivity index (χ0) is 13.4. The Balaban J connectivity index is 2.29. The monoisotopic (exact) mass is 291 g/mol. The normalized spacial score (nSPS) is 10.8. The fraction of sp³-hybridized carbons (Fsp3) is 0.0833. The number of carbonyl (C=O) groups is 1. The first-order valence-electron chi connectivity index (χ1n) is 5.38. The van der Waals surface area contributed by atoms with Gasteiger partial charge in [0.1, 0.15) is 0 Å². The van der Waals surface area contributed by atoms with E-state index >= 15 is 0 Å². The van der Waals surface area contributed by atoms with E-state index in [2.05, 4.69) is 9.97 Å². The maximum atomic E-state index is 11.8. The molecule has 0 bridgehead atoms. The zero-order valence-corrected chi connectivity index (χ0v) is 11.5. The van der Waals surface area contributed by atoms with Gasteiger partial charge in [-0.3, -0.25) is 0 Å². The number of nitrogens with zero attached hydrogens (tertiary/aromatic N) is 2. The fourth-order valence-electron chi connectivity index (χ4n) is 1.74. The second-order valence-electron chi connectivity index (χ2n) is 3.73. The van der Waals surface area contributed by atoms with E-state index in [1.807, 2.05) is 17.5 Å². The Labute approximate surface area is 116 Å². The van der Waals surface area contributed by atoms with E-state index in [0.717, 1.165) is 4.88 Å². The molecule has 7 heteroatoms. The zero-order valence-electron chi connectivity index (χ0n) is 9.91. The molecule has 0 aliphatic carbocycles. The van der Waals surface area contributed by atoms with Gasteiger partial charge >= 0.3 is 5.97 Å². The topological polar surface area (TPSA) is 78.1 Å². The molecule has 0 unspecified atom stereocenters. The maximum Gasteiger partial charge on any atom is 0.339 e. The van der Waals surface area contributed by atoms with Gasteiger partial charge in [0.25, 0.3) is 0 Å². The molecular weight excluding hydrogens is 282 g/mol. The summed E-state index contributed by atoms with van der Waals surface area (Å²) in [6.07, 6.45) is 0. The van der Waals surface area contributed by atoms with Crippen molar-refractivity contribution in [3.05, 3.63) is 29.1 Å². The first-order chi connectivity index (χ1) is 9.19. The number of hydrogen-bond donors (Lipinski definition) is 1. The minimum absolute atomic E-state index is 0.385. The summed E-state index contributed by atoms with van der Waals surface area (Å²) < 4.78 is 5.46. The average Bonchev–Trinajstić information content (AvgIpc) is 3.03. The van der Waals surface area contributed by atoms with Gasteiger partial charge in [0.05, 0.1) is 27.9 Å². The third-order valence-corrected chi connectivity index (χ3v) is 4.36. The first kappa shape index (κ1) is 12.1. The van der Waals surface area contributed by atoms with E-state index in [1.165, 1.54) is 18.4 Å². The number of anilines is 1. The summed E-state index contributed by atoms with van der Waals surface area (Å²) >= 11 is 2.78. The Morgan fingerprint density at radius 1 is 1.42 bits per heavy atom. The molecule has 0 fully saturated rings. The first-order valence-corrected chi connectivity index (χ1v) is 7.08. The predicted octanol–water partition coefficient (Wildman–Crippen LogP) is 2.79. The number of rotatable bonds is 2. The van der Waals surface area contributed by atoms with Gasteiger partial charge in [-0.2, -0.15) is 0 Å². The van der Waals surface area contributed by atoms with Crippen LogP contribution in [0, 0.1) is 0 Å². The van der Waals surface area contributed by atoms with Crippen molar-refractivity contribution in [2.75, 3.05) is 12.8 Å². The highest BCUT2D eigenvalue weighted by atomic mass is 32.1. The van der Waals surface area contributed by atoms with Crippen LogP contribution in [0.15, 0.2) is 23.6 Å². The molecule has 2 N–H and O–H groups in total. The molecule has 0 aromatic carbocycles. The second-order valence-corrected chi connectivity index (χ2v) is 5.71. The van der Waals surface area contributed by atoms with Gasteiger partial charge in [-0.25, -0.2) is 14.8 Å². The Kier molecular flexibility index (Phi) is 2.92. The van der Waals surface area contributed by atoms with Crippen molar-refractivity contribution in [1.29, 1.82) is 0 Å². The lowest BCUT2D eigenvalue weighted by Crippen LogP contribution is -2.02. The standard InChI is InChI=1S/C12H9N3O2S2/c1-17-11(16)6-5-7(8-3-2-4-18-8)14-10-9(6)19-12(13)15-10/h2-5H,1H3,(H2,13,14,15). The van der Waals surface area contributed by atoms with Crippen molar-refractivity contribution in [1.82, 2.24) is 9.97 Å². The van der Waals surface area contributed by atoms with Gasteiger partial charge < -0.3 is 10.5 Å². The molecule has 0 saturated heterocycles. The van der Waals surface area contributed by atoms with E-state index in [9.17, 15) is 4.79 Å². The lowest BCUT2D eigenvalue weighted by molar-refractivity contribution is 0.0603. The number of nitrogens with two attached hydrogens (primary N) is 1. The summed E-state index contributed by atoms with van der Waals surface area (Å²) in [5.41, 5.74) is 7.32. The highest BCUT2D eigenvalue weighted by molar-refractivity contribution is 7.22. The van der Waals surface area contributed by atoms with Crippen molar-refractivity contribution in [2.45, 2.75) is 0 Å². The quantitative estimate of drug-likeness (QED) is 0.734. The van der Waals surface area contributed by atoms with E-state index in [-0.39, 0.29) is 0 Å². The van der Waals surface area contributed by atoms with Crippen molar-refractivity contribution < 1.29 is 9.53 Å². The molecule has 3 aromatic rings. The Morgan fingerprint density at radius 3 is 2.95 bits per heavy atom. The van der Waals surface area contributed by atoms with E-state index < -0.39 is 5.97 Å². The van der Waals surface area contributed by atoms with Gasteiger partial charge in [-0.15, -0.1) is 11.3 Å². The Hall–Kier alpha value is -1.99. The van der Waals surface area contributed by atoms with Gasteiger partial charge in [0.15, 0.2) is 10.8 Å². The molecule has 0 aliphatic rings. The van der Waals surface area contributed by atoms with Gasteiger partial charge in [-0.1, -0.05) is 17.4 Å². The molecule has 0 saturated carbocycles. The SMILES string of the molecule is COC(=O)c1cc(-c2cccs2)nc2nc(N)sc12. The van der Waals surface area contributed by atoms with Crippen LogP contribution >= 0.6 is 22.7 Å². The number of hydrogen-bond acceptors (Lipinski definition) is 7. The number of nitrogen functional groups attached to an aromatic ring is 1. The highest BCUT2D eigenvalue weighted by Crippen LogP contribution is 2.31. The minimum atomic E-state index is -0.408. The van der Waals surface area contributed by atoms with Crippen molar-refractivity contribution in [2.24, 2.45) is 0 Å². The number of ether oxygens (including phenoxy) is 1. The molecule has 0 spiro atoms. The number of thiophene rings is 1. The average molecular weight is 291 g/mol. The fourth-order valence-corrected chi connectivity index (χ4v) is 3.20. The number of fused-ring (bicyclic) bond motifs is 1. The van der Waals surface area contributed by atoms with Crippen molar-refractivity contribution in [3.8, 4) is 10.6 Å². The number of aromatic nitrogens is 2. The van der Waals surface area contributed by atoms with Crippen LogP contribution in [0.5, 0.6) is 0 Å². The number of pyridine rings is 1. The third kappa shape index (κ3) is 2.06. The van der Waals surface area contributed by atoms with Crippen LogP contribution in [-0.2, 0) is 4.74 Å². The summed E-state index contributed by atoms with van der Waals surface area (Å²) in [6.45, 7) is 0. The molecule has 0 amide bonds. The third-order valence-electron chi connectivity index (χ3n) is 2.56. The number of esters is 1. The van der Waals surface area contributed by atoms with Crippen LogP contribution in [0.2, 0.25) is 0 Å². The Morgan fingerprint density at radius 2 is 2.26 bits per heavy atom. The molecule has 5 nitrogen and oxygen atoms in total. The molecule has 0 aliphatic heterocycles. The largest absolute Gasteiger partial charge is 0.465 e. The van der Waals surface area contributed by atoms with Gasteiger partial charge in [-0.05, 0) is 17.5 Å². The van der Waals surface area contributed by atoms with Gasteiger partial charge in [0, 0.05) is 0 Å². The van der Waals surface area contributed by atoms with Gasteiger partial charge in [0.2, 0.25) is 0 Å². The summed E-state index contributed by atoms with van der Waals surface area (Å²) in [6, 6.07) is 5.59. The molecule has 3 aromatic heterocycles. The summed E-state index contributed by atoms with van der Waals surface area (Å²) in [5.74, 6) is -0.408. The van der Waals surface area contributed by atoms with E-state index in [1.54, 1.807) is 17.4 Å². The van der Waals surface area contributed by atoms with Crippen LogP contribution in [-0.4, -0.2) is 23.0 Å². The lowest BCUT2D eigenvalue weighted by atomic mass is 10.2. The highest BCUT2D eigenvalue weighted by Gasteiger charge is 2.17. The van der Waals surface area contributed by atoms with Crippen LogP contribution in [0.4, 0.5) is 5.13 Å². The molecule has 96 valence electrons. The summed E-state index contributed by atoms with van der Waals surface area (Å²) in [7, 11) is 1.35. The smallest absolute Gasteiger partial charge is 0.339 e. The minimum Gasteiger partial charge on any atom is -0.465 e. The van der Waals surface area contributed by atoms with Crippen molar-refractivity contribution in [3.63, 3.8) is 0 Å². The van der Waals surface area contributed by atoms with Crippen LogP contribution in [0.3, 0.4) is 0 Å².